The number of hydrogen-bond donors (Lipinski definition) is 4. The summed E-state index contributed by atoms with van der Waals surface area (Å²) in [6, 6.07) is 7.21. The van der Waals surface area contributed by atoms with E-state index in [0.717, 1.165) is 23.9 Å². The van der Waals surface area contributed by atoms with E-state index in [4.69, 9.17) is 5.73 Å². The van der Waals surface area contributed by atoms with Gasteiger partial charge in [0.05, 0.1) is 17.4 Å². The number of nitrogens with two attached hydrogens (primary N) is 1. The molecule has 9 heteroatoms. The summed E-state index contributed by atoms with van der Waals surface area (Å²) in [6.07, 6.45) is 3.89. The molecule has 0 atom stereocenters. The van der Waals surface area contributed by atoms with E-state index in [1.807, 2.05) is 17.6 Å². The number of primary amides is 1. The summed E-state index contributed by atoms with van der Waals surface area (Å²) >= 11 is 0. The number of pyridine rings is 1. The molecule has 2 heterocycles. The monoisotopic (exact) mass is 351 g/mol. The number of hydrogen-bond acceptors (Lipinski definition) is 6. The normalized spacial score (nSPS) is 13.8. The number of aryl methyl sites for hydroxylation is 1. The van der Waals surface area contributed by atoms with Gasteiger partial charge in [0.15, 0.2) is 5.82 Å². The van der Waals surface area contributed by atoms with Gasteiger partial charge < -0.3 is 25.7 Å². The van der Waals surface area contributed by atoms with Crippen molar-refractivity contribution in [2.75, 3.05) is 5.32 Å². The van der Waals surface area contributed by atoms with Crippen molar-refractivity contribution in [3.05, 3.63) is 41.7 Å². The average Bonchev–Trinajstić information content (AvgIpc) is 3.35. The average molecular weight is 351 g/mol. The quantitative estimate of drug-likeness (QED) is 0.499. The zero-order chi connectivity index (χ0) is 18.4. The molecule has 0 spiro atoms. The summed E-state index contributed by atoms with van der Waals surface area (Å²) in [7, 11) is -1.70. The number of amides is 1. The number of anilines is 2. The molecule has 1 saturated carbocycles. The van der Waals surface area contributed by atoms with Gasteiger partial charge in [0.25, 0.3) is 0 Å². The fourth-order valence-corrected chi connectivity index (χ4v) is 3.03. The third-order valence-electron chi connectivity index (χ3n) is 4.54. The predicted octanol–water partition coefficient (Wildman–Crippen LogP) is 0.597. The third kappa shape index (κ3) is 2.91. The topological polar surface area (TPSA) is 126 Å². The van der Waals surface area contributed by atoms with Crippen molar-refractivity contribution in [3.8, 4) is 0 Å². The maximum atomic E-state index is 11.6. The molecule has 132 valence electrons. The van der Waals surface area contributed by atoms with Crippen LogP contribution in [0.4, 0.5) is 11.5 Å². The van der Waals surface area contributed by atoms with Crippen LogP contribution < -0.4 is 16.6 Å². The highest BCUT2D eigenvalue weighted by Crippen LogP contribution is 2.38. The summed E-state index contributed by atoms with van der Waals surface area (Å²) in [6.45, 7) is 1.81. The number of nitrogens with one attached hydrogen (secondary N) is 1. The van der Waals surface area contributed by atoms with Gasteiger partial charge in [-0.25, -0.2) is 9.97 Å². The first-order chi connectivity index (χ1) is 12.4. The number of carbonyl (C=O) groups excluding carboxylic acids is 1. The number of nitrogens with zero attached hydrogens (tertiary/aromatic N) is 3. The summed E-state index contributed by atoms with van der Waals surface area (Å²) < 4.78 is 2.04. The van der Waals surface area contributed by atoms with Crippen LogP contribution in [-0.4, -0.2) is 37.6 Å². The molecule has 1 aliphatic carbocycles. The molecule has 3 aromatic rings. The molecule has 0 saturated heterocycles. The van der Waals surface area contributed by atoms with Gasteiger partial charge in [0.2, 0.25) is 5.91 Å². The Balaban J connectivity index is 1.83. The smallest absolute Gasteiger partial charge is 0.422 e. The maximum absolute atomic E-state index is 11.6. The van der Waals surface area contributed by atoms with Crippen molar-refractivity contribution in [1.82, 2.24) is 14.5 Å². The van der Waals surface area contributed by atoms with Crippen molar-refractivity contribution < 1.29 is 14.8 Å². The Morgan fingerprint density at radius 1 is 1.35 bits per heavy atom. The lowest BCUT2D eigenvalue weighted by Gasteiger charge is -2.13. The molecule has 1 aromatic carbocycles. The van der Waals surface area contributed by atoms with Crippen LogP contribution in [0.5, 0.6) is 0 Å². The van der Waals surface area contributed by atoms with Crippen LogP contribution in [0.2, 0.25) is 0 Å². The highest BCUT2D eigenvalue weighted by Gasteiger charge is 2.28. The Bertz CT molecular complexity index is 1010. The lowest BCUT2D eigenvalue weighted by Crippen LogP contribution is -2.33. The fourth-order valence-electron chi connectivity index (χ4n) is 3.03. The Hall–Kier alpha value is -2.91. The van der Waals surface area contributed by atoms with E-state index >= 15 is 0 Å². The molecule has 5 N–H and O–H groups in total. The highest BCUT2D eigenvalue weighted by atomic mass is 16.4. The Kier molecular flexibility index (Phi) is 3.89. The zero-order valence-electron chi connectivity index (χ0n) is 14.2. The SMILES string of the molecule is Cc1ccc(Nc2nc(B(O)O)cc3ncn(C4CC4)c23)cc1C(N)=O. The van der Waals surface area contributed by atoms with Crippen LogP contribution in [0.15, 0.2) is 30.6 Å². The number of aromatic nitrogens is 3. The van der Waals surface area contributed by atoms with Crippen molar-refractivity contribution in [2.45, 2.75) is 25.8 Å². The van der Waals surface area contributed by atoms with Crippen LogP contribution in [0.25, 0.3) is 11.0 Å². The van der Waals surface area contributed by atoms with Crippen molar-refractivity contribution >= 4 is 41.2 Å². The number of imidazole rings is 1. The molecule has 26 heavy (non-hydrogen) atoms. The first-order valence-corrected chi connectivity index (χ1v) is 8.35. The fraction of sp³-hybridized carbons (Fsp3) is 0.235. The standard InChI is InChI=1S/C17H18BN5O3/c1-9-2-3-10(6-12(9)16(19)24)21-17-15-13(7-14(22-17)18(25)26)20-8-23(15)11-4-5-11/h2-3,6-8,11,25-26H,4-5H2,1H3,(H2,19,24)(H,21,22). The molecule has 4 rings (SSSR count). The Morgan fingerprint density at radius 3 is 2.77 bits per heavy atom. The van der Waals surface area contributed by atoms with Crippen LogP contribution in [0, 0.1) is 6.92 Å². The van der Waals surface area contributed by atoms with E-state index < -0.39 is 13.0 Å². The number of carbonyl (C=O) groups is 1. The molecular formula is C17H18BN5O3. The van der Waals surface area contributed by atoms with Crippen LogP contribution >= 0.6 is 0 Å². The van der Waals surface area contributed by atoms with Gasteiger partial charge in [0.1, 0.15) is 5.52 Å². The minimum atomic E-state index is -1.70. The molecular weight excluding hydrogens is 333 g/mol. The molecule has 0 radical (unpaired) electrons. The molecule has 1 fully saturated rings. The van der Waals surface area contributed by atoms with Crippen molar-refractivity contribution in [2.24, 2.45) is 5.73 Å². The van der Waals surface area contributed by atoms with Crippen LogP contribution in [0.1, 0.15) is 34.8 Å². The largest absolute Gasteiger partial charge is 0.508 e. The molecule has 2 aromatic heterocycles. The first kappa shape index (κ1) is 16.6. The lowest BCUT2D eigenvalue weighted by atomic mass is 9.85. The Labute approximate surface area is 149 Å². The Morgan fingerprint density at radius 2 is 2.12 bits per heavy atom. The van der Waals surface area contributed by atoms with Crippen molar-refractivity contribution in [1.29, 1.82) is 0 Å². The number of fused-ring (bicyclic) bond motifs is 1. The van der Waals surface area contributed by atoms with Gasteiger partial charge in [0, 0.05) is 17.3 Å². The summed E-state index contributed by atoms with van der Waals surface area (Å²) in [5.41, 5.74) is 8.77. The van der Waals surface area contributed by atoms with Crippen LogP contribution in [0.3, 0.4) is 0 Å². The van der Waals surface area contributed by atoms with E-state index in [1.54, 1.807) is 24.5 Å². The lowest BCUT2D eigenvalue weighted by molar-refractivity contribution is 0.0999. The summed E-state index contributed by atoms with van der Waals surface area (Å²) in [5.74, 6) is -0.0546. The minimum Gasteiger partial charge on any atom is -0.422 e. The molecule has 0 bridgehead atoms. The second-order valence-corrected chi connectivity index (χ2v) is 6.54. The van der Waals surface area contributed by atoms with Gasteiger partial charge in [-0.05, 0) is 43.5 Å². The van der Waals surface area contributed by atoms with E-state index in [9.17, 15) is 14.8 Å². The third-order valence-corrected chi connectivity index (χ3v) is 4.54. The molecule has 8 nitrogen and oxygen atoms in total. The summed E-state index contributed by atoms with van der Waals surface area (Å²) in [4.78, 5) is 20.3. The molecule has 1 amide bonds. The van der Waals surface area contributed by atoms with E-state index in [1.165, 1.54) is 0 Å². The number of rotatable bonds is 5. The van der Waals surface area contributed by atoms with E-state index in [2.05, 4.69) is 15.3 Å². The zero-order valence-corrected chi connectivity index (χ0v) is 14.2. The van der Waals surface area contributed by atoms with Crippen LogP contribution in [-0.2, 0) is 0 Å². The van der Waals surface area contributed by atoms with Crippen molar-refractivity contribution in [3.63, 3.8) is 0 Å². The second kappa shape index (κ2) is 6.12. The molecule has 0 unspecified atom stereocenters. The van der Waals surface area contributed by atoms with Gasteiger partial charge in [-0.3, -0.25) is 4.79 Å². The molecule has 0 aliphatic heterocycles. The van der Waals surface area contributed by atoms with Gasteiger partial charge in [-0.2, -0.15) is 0 Å². The van der Waals surface area contributed by atoms with E-state index in [-0.39, 0.29) is 5.59 Å². The predicted molar refractivity (Wildman–Crippen MR) is 98.6 cm³/mol. The second-order valence-electron chi connectivity index (χ2n) is 6.54. The molecule has 1 aliphatic rings. The maximum Gasteiger partial charge on any atom is 0.508 e. The van der Waals surface area contributed by atoms with Gasteiger partial charge in [-0.1, -0.05) is 6.07 Å². The minimum absolute atomic E-state index is 0.100. The summed E-state index contributed by atoms with van der Waals surface area (Å²) in [5, 5.41) is 22.2. The van der Waals surface area contributed by atoms with Gasteiger partial charge >= 0.3 is 7.12 Å². The highest BCUT2D eigenvalue weighted by molar-refractivity contribution is 6.57. The van der Waals surface area contributed by atoms with Gasteiger partial charge in [-0.15, -0.1) is 0 Å². The first-order valence-electron chi connectivity index (χ1n) is 8.35. The number of benzene rings is 1. The van der Waals surface area contributed by atoms with E-state index in [0.29, 0.717) is 28.6 Å².